The number of alkyl halides is 3. The Bertz CT molecular complexity index is 470. The Hall–Kier alpha value is -0.210. The van der Waals surface area contributed by atoms with Gasteiger partial charge in [-0.2, -0.15) is 5.26 Å². The highest BCUT2D eigenvalue weighted by atomic mass is 79.9. The van der Waals surface area contributed by atoms with Crippen molar-refractivity contribution in [2.45, 2.75) is 10.2 Å². The maximum Gasteiger partial charge on any atom is 0.255 e. The van der Waals surface area contributed by atoms with E-state index in [9.17, 15) is 4.79 Å². The number of carbonyl (C=O) groups excluding carboxylic acids is 1. The summed E-state index contributed by atoms with van der Waals surface area (Å²) in [6.45, 7) is 0. The molecule has 0 amide bonds. The third-order valence-corrected chi connectivity index (χ3v) is 3.24. The number of nitrogens with zero attached hydrogens (tertiary/aromatic N) is 2. The lowest BCUT2D eigenvalue weighted by atomic mass is 10.3. The van der Waals surface area contributed by atoms with E-state index in [1.165, 1.54) is 10.6 Å². The normalized spacial score (nSPS) is 11.2. The zero-order valence-electron chi connectivity index (χ0n) is 8.10. The van der Waals surface area contributed by atoms with Crippen LogP contribution in [0.15, 0.2) is 10.5 Å². The predicted octanol–water partition coefficient (Wildman–Crippen LogP) is 3.41. The molecule has 16 heavy (non-hydrogen) atoms. The van der Waals surface area contributed by atoms with E-state index in [1.54, 1.807) is 7.05 Å². The molecule has 86 valence electrons. The first kappa shape index (κ1) is 13.9. The van der Waals surface area contributed by atoms with Crippen molar-refractivity contribution >= 4 is 56.5 Å². The van der Waals surface area contributed by atoms with Gasteiger partial charge in [-0.25, -0.2) is 0 Å². The van der Waals surface area contributed by atoms with E-state index >= 15 is 0 Å². The lowest BCUT2D eigenvalue weighted by molar-refractivity contribution is 0.0988. The summed E-state index contributed by atoms with van der Waals surface area (Å²) in [6.07, 6.45) is 0.171. The maximum absolute atomic E-state index is 11.7. The largest absolute Gasteiger partial charge is 0.343 e. The number of ketones is 1. The predicted molar refractivity (Wildman–Crippen MR) is 67.1 cm³/mol. The van der Waals surface area contributed by atoms with Gasteiger partial charge in [0.05, 0.1) is 18.2 Å². The average molecular weight is 344 g/mol. The number of aromatic nitrogens is 1. The van der Waals surface area contributed by atoms with Gasteiger partial charge in [-0.3, -0.25) is 4.79 Å². The summed E-state index contributed by atoms with van der Waals surface area (Å²) >= 11 is 19.8. The fourth-order valence-electron chi connectivity index (χ4n) is 1.25. The number of rotatable bonds is 2. The van der Waals surface area contributed by atoms with Gasteiger partial charge in [0.1, 0.15) is 0 Å². The molecule has 0 unspecified atom stereocenters. The molecular formula is C9H6BrCl3N2O. The molecule has 0 bridgehead atoms. The average Bonchev–Trinajstić information content (AvgIpc) is 2.43. The van der Waals surface area contributed by atoms with Crippen LogP contribution in [0.1, 0.15) is 16.2 Å². The molecule has 0 aliphatic rings. The zero-order chi connectivity index (χ0) is 12.5. The van der Waals surface area contributed by atoms with Crippen molar-refractivity contribution in [1.82, 2.24) is 4.57 Å². The molecule has 1 rings (SSSR count). The SMILES string of the molecule is Cn1c(C(=O)C(Cl)(Cl)Cl)cc(Br)c1CC#N. The maximum atomic E-state index is 11.7. The molecule has 0 atom stereocenters. The van der Waals surface area contributed by atoms with E-state index in [0.717, 1.165) is 0 Å². The molecule has 0 aliphatic carbocycles. The molecule has 0 N–H and O–H groups in total. The monoisotopic (exact) mass is 342 g/mol. The third-order valence-electron chi connectivity index (χ3n) is 2.04. The Kier molecular flexibility index (Phi) is 4.30. The van der Waals surface area contributed by atoms with Crippen LogP contribution in [0.5, 0.6) is 0 Å². The molecule has 0 spiro atoms. The highest BCUT2D eigenvalue weighted by molar-refractivity contribution is 9.10. The third kappa shape index (κ3) is 2.72. The van der Waals surface area contributed by atoms with Crippen molar-refractivity contribution in [2.75, 3.05) is 0 Å². The Morgan fingerprint density at radius 1 is 1.62 bits per heavy atom. The van der Waals surface area contributed by atoms with E-state index in [2.05, 4.69) is 15.9 Å². The van der Waals surface area contributed by atoms with E-state index in [1.807, 2.05) is 6.07 Å². The van der Waals surface area contributed by atoms with E-state index < -0.39 is 9.58 Å². The molecule has 1 heterocycles. The quantitative estimate of drug-likeness (QED) is 0.610. The lowest BCUT2D eigenvalue weighted by Crippen LogP contribution is -2.22. The topological polar surface area (TPSA) is 45.8 Å². The van der Waals surface area contributed by atoms with Crippen LogP contribution >= 0.6 is 50.7 Å². The Balaban J connectivity index is 3.24. The van der Waals surface area contributed by atoms with E-state index in [0.29, 0.717) is 10.2 Å². The van der Waals surface area contributed by atoms with E-state index in [4.69, 9.17) is 40.1 Å². The smallest absolute Gasteiger partial charge is 0.255 e. The van der Waals surface area contributed by atoms with Gasteiger partial charge in [-0.1, -0.05) is 34.8 Å². The summed E-state index contributed by atoms with van der Waals surface area (Å²) in [6, 6.07) is 3.53. The first-order chi connectivity index (χ1) is 7.29. The van der Waals surface area contributed by atoms with Crippen LogP contribution in [0.2, 0.25) is 0 Å². The Morgan fingerprint density at radius 2 is 2.19 bits per heavy atom. The van der Waals surface area contributed by atoms with Crippen molar-refractivity contribution < 1.29 is 4.79 Å². The van der Waals surface area contributed by atoms with Gasteiger partial charge in [-0.05, 0) is 22.0 Å². The summed E-state index contributed by atoms with van der Waals surface area (Å²) in [7, 11) is 1.64. The van der Waals surface area contributed by atoms with Gasteiger partial charge in [0.15, 0.2) is 0 Å². The second-order valence-corrected chi connectivity index (χ2v) is 6.18. The van der Waals surface area contributed by atoms with Gasteiger partial charge >= 0.3 is 0 Å². The van der Waals surface area contributed by atoms with Crippen LogP contribution in [0.25, 0.3) is 0 Å². The molecule has 0 saturated carbocycles. The van der Waals surface area contributed by atoms with Crippen molar-refractivity contribution in [3.8, 4) is 6.07 Å². The number of carbonyl (C=O) groups is 1. The van der Waals surface area contributed by atoms with Crippen molar-refractivity contribution in [3.05, 3.63) is 21.9 Å². The zero-order valence-corrected chi connectivity index (χ0v) is 12.0. The first-order valence-electron chi connectivity index (χ1n) is 4.11. The van der Waals surface area contributed by atoms with Crippen LogP contribution in [0, 0.1) is 11.3 Å². The van der Waals surface area contributed by atoms with Crippen LogP contribution < -0.4 is 0 Å². The van der Waals surface area contributed by atoms with Gasteiger partial charge in [0.25, 0.3) is 3.79 Å². The number of nitriles is 1. The lowest BCUT2D eigenvalue weighted by Gasteiger charge is -2.10. The second-order valence-electron chi connectivity index (χ2n) is 3.05. The molecule has 1 aromatic rings. The molecular weight excluding hydrogens is 338 g/mol. The molecule has 0 fully saturated rings. The summed E-state index contributed by atoms with van der Waals surface area (Å²) in [5.41, 5.74) is 0.914. The fraction of sp³-hybridized carbons (Fsp3) is 0.333. The summed E-state index contributed by atoms with van der Waals surface area (Å²) in [5, 5.41) is 8.63. The summed E-state index contributed by atoms with van der Waals surface area (Å²) in [5.74, 6) is -0.620. The van der Waals surface area contributed by atoms with Crippen LogP contribution in [-0.2, 0) is 13.5 Å². The minimum atomic E-state index is -1.99. The highest BCUT2D eigenvalue weighted by Gasteiger charge is 2.34. The molecule has 0 saturated heterocycles. The summed E-state index contributed by atoms with van der Waals surface area (Å²) < 4.78 is 0.196. The van der Waals surface area contributed by atoms with Crippen molar-refractivity contribution in [3.63, 3.8) is 0 Å². The molecule has 0 aliphatic heterocycles. The molecule has 1 aromatic heterocycles. The molecule has 3 nitrogen and oxygen atoms in total. The van der Waals surface area contributed by atoms with Gasteiger partial charge in [0.2, 0.25) is 5.78 Å². The Labute approximate surface area is 116 Å². The van der Waals surface area contributed by atoms with Gasteiger partial charge < -0.3 is 4.57 Å². The minimum absolute atomic E-state index is 0.171. The van der Waals surface area contributed by atoms with Crippen LogP contribution in [-0.4, -0.2) is 14.1 Å². The number of Topliss-reactive ketones (excluding diaryl/α,β-unsaturated/α-hetero) is 1. The van der Waals surface area contributed by atoms with Crippen LogP contribution in [0.3, 0.4) is 0 Å². The van der Waals surface area contributed by atoms with Gasteiger partial charge in [-0.15, -0.1) is 0 Å². The molecule has 0 aromatic carbocycles. The molecule has 0 radical (unpaired) electrons. The Morgan fingerprint density at radius 3 is 2.62 bits per heavy atom. The number of hydrogen-bond acceptors (Lipinski definition) is 2. The summed E-state index contributed by atoms with van der Waals surface area (Å²) in [4.78, 5) is 11.7. The highest BCUT2D eigenvalue weighted by Crippen LogP contribution is 2.32. The van der Waals surface area contributed by atoms with E-state index in [-0.39, 0.29) is 12.1 Å². The van der Waals surface area contributed by atoms with Gasteiger partial charge in [0, 0.05) is 17.2 Å². The first-order valence-corrected chi connectivity index (χ1v) is 6.04. The second kappa shape index (κ2) is 4.97. The van der Waals surface area contributed by atoms with Crippen molar-refractivity contribution in [2.24, 2.45) is 7.05 Å². The number of hydrogen-bond donors (Lipinski definition) is 0. The van der Waals surface area contributed by atoms with Crippen LogP contribution in [0.4, 0.5) is 0 Å². The fourth-order valence-corrected chi connectivity index (χ4v) is 2.16. The standard InChI is InChI=1S/C9H6BrCl3N2O/c1-15-6(2-3-14)5(10)4-7(15)8(16)9(11,12)13/h4H,2H2,1H3. The molecule has 7 heteroatoms. The number of halogens is 4. The minimum Gasteiger partial charge on any atom is -0.343 e. The van der Waals surface area contributed by atoms with Crippen molar-refractivity contribution in [1.29, 1.82) is 5.26 Å².